The van der Waals surface area contributed by atoms with Crippen LogP contribution in [-0.2, 0) is 17.8 Å². The molecule has 9 heteroatoms. The first-order valence-electron chi connectivity index (χ1n) is 7.12. The molecule has 0 radical (unpaired) electrons. The molecule has 0 bridgehead atoms. The van der Waals surface area contributed by atoms with Crippen LogP contribution in [0.3, 0.4) is 0 Å². The van der Waals surface area contributed by atoms with E-state index in [0.29, 0.717) is 25.6 Å². The van der Waals surface area contributed by atoms with Gasteiger partial charge in [0.05, 0.1) is 25.7 Å². The van der Waals surface area contributed by atoms with Gasteiger partial charge in [0.2, 0.25) is 5.95 Å². The van der Waals surface area contributed by atoms with E-state index in [1.165, 1.54) is 0 Å². The van der Waals surface area contributed by atoms with Crippen LogP contribution in [0.4, 0.5) is 14.7 Å². The average molecular weight is 313 g/mol. The Morgan fingerprint density at radius 3 is 3.00 bits per heavy atom. The molecule has 0 aromatic carbocycles. The van der Waals surface area contributed by atoms with Crippen LogP contribution in [0.1, 0.15) is 18.9 Å². The fraction of sp³-hybridized carbons (Fsp3) is 0.615. The van der Waals surface area contributed by atoms with E-state index >= 15 is 0 Å². The Bertz CT molecular complexity index is 601. The van der Waals surface area contributed by atoms with Crippen molar-refractivity contribution in [3.8, 4) is 0 Å². The normalized spacial score (nSPS) is 19.3. The molecule has 0 spiro atoms. The zero-order chi connectivity index (χ0) is 15.6. The van der Waals surface area contributed by atoms with Crippen LogP contribution in [0.5, 0.6) is 0 Å². The van der Waals surface area contributed by atoms with Gasteiger partial charge in [-0.3, -0.25) is 0 Å². The molecular weight excluding hydrogens is 296 g/mol. The highest BCUT2D eigenvalue weighted by atomic mass is 19.3. The van der Waals surface area contributed by atoms with Crippen LogP contribution in [0.25, 0.3) is 0 Å². The highest BCUT2D eigenvalue weighted by Crippen LogP contribution is 2.44. The second kappa shape index (κ2) is 5.99. The molecular formula is C13H17F2N5O2. The van der Waals surface area contributed by atoms with Gasteiger partial charge in [0.25, 0.3) is 5.92 Å². The molecule has 0 aliphatic heterocycles. The first-order chi connectivity index (χ1) is 10.6. The van der Waals surface area contributed by atoms with Gasteiger partial charge in [-0.1, -0.05) is 5.10 Å². The first kappa shape index (κ1) is 14.9. The van der Waals surface area contributed by atoms with Crippen LogP contribution in [-0.4, -0.2) is 45.4 Å². The summed E-state index contributed by atoms with van der Waals surface area (Å²) < 4.78 is 37.2. The molecule has 1 unspecified atom stereocenters. The minimum absolute atomic E-state index is 0.154. The van der Waals surface area contributed by atoms with Gasteiger partial charge in [0.1, 0.15) is 6.10 Å². The fourth-order valence-corrected chi connectivity index (χ4v) is 2.15. The predicted octanol–water partition coefficient (Wildman–Crippen LogP) is 1.72. The number of hydrogen-bond acceptors (Lipinski definition) is 6. The van der Waals surface area contributed by atoms with Crippen molar-refractivity contribution in [3.05, 3.63) is 24.2 Å². The van der Waals surface area contributed by atoms with Crippen molar-refractivity contribution in [1.29, 1.82) is 0 Å². The highest BCUT2D eigenvalue weighted by molar-refractivity contribution is 5.29. The zero-order valence-electron chi connectivity index (χ0n) is 12.2. The maximum atomic E-state index is 12.7. The van der Waals surface area contributed by atoms with Crippen LogP contribution in [0.15, 0.2) is 23.0 Å². The van der Waals surface area contributed by atoms with Crippen LogP contribution in [0, 0.1) is 0 Å². The minimum atomic E-state index is -2.67. The Hall–Kier alpha value is -2.03. The van der Waals surface area contributed by atoms with E-state index in [-0.39, 0.29) is 13.0 Å². The second-order valence-corrected chi connectivity index (χ2v) is 5.17. The van der Waals surface area contributed by atoms with Crippen molar-refractivity contribution in [1.82, 2.24) is 20.2 Å². The van der Waals surface area contributed by atoms with E-state index in [1.807, 2.05) is 17.9 Å². The smallest absolute Gasteiger partial charge is 0.276 e. The monoisotopic (exact) mass is 313 g/mol. The first-order valence-corrected chi connectivity index (χ1v) is 7.12. The lowest BCUT2D eigenvalue weighted by atomic mass is 10.3. The summed E-state index contributed by atoms with van der Waals surface area (Å²) in [6, 6.07) is 1.87. The summed E-state index contributed by atoms with van der Waals surface area (Å²) in [5.41, 5.74) is 1.00. The van der Waals surface area contributed by atoms with Crippen molar-refractivity contribution in [2.24, 2.45) is 0 Å². The van der Waals surface area contributed by atoms with Gasteiger partial charge in [-0.25, -0.2) is 13.5 Å². The number of aromatic nitrogens is 4. The topological polar surface area (TPSA) is 69.2 Å². The molecule has 1 aliphatic carbocycles. The predicted molar refractivity (Wildman–Crippen MR) is 72.6 cm³/mol. The number of rotatable bonds is 8. The Balaban J connectivity index is 1.58. The van der Waals surface area contributed by atoms with Crippen LogP contribution < -0.4 is 4.90 Å². The molecule has 3 rings (SSSR count). The summed E-state index contributed by atoms with van der Waals surface area (Å²) in [7, 11) is 0. The molecule has 22 heavy (non-hydrogen) atoms. The Labute approximate surface area is 125 Å². The second-order valence-electron chi connectivity index (χ2n) is 5.17. The average Bonchev–Trinajstić information content (AvgIpc) is 2.95. The molecule has 1 saturated carbocycles. The highest BCUT2D eigenvalue weighted by Gasteiger charge is 2.58. The van der Waals surface area contributed by atoms with Gasteiger partial charge >= 0.3 is 0 Å². The molecule has 2 aromatic heterocycles. The summed E-state index contributed by atoms with van der Waals surface area (Å²) in [5, 5.41) is 11.6. The number of alkyl halides is 2. The number of hydrogen-bond donors (Lipinski definition) is 0. The van der Waals surface area contributed by atoms with E-state index in [9.17, 15) is 8.78 Å². The standard InChI is InChI=1S/C13H17F2N5O2/c1-2-19(8-10-3-5-21-9-10)12-16-17-18-20(12)4-6-22-11-7-13(11,14)15/h3,5,9,11H,2,4,6-8H2,1H3. The summed E-state index contributed by atoms with van der Waals surface area (Å²) in [6.07, 6.45) is 2.11. The van der Waals surface area contributed by atoms with Gasteiger partial charge in [-0.05, 0) is 23.4 Å². The summed E-state index contributed by atoms with van der Waals surface area (Å²) in [4.78, 5) is 1.97. The number of anilines is 1. The van der Waals surface area contributed by atoms with Crippen LogP contribution >= 0.6 is 0 Å². The van der Waals surface area contributed by atoms with E-state index < -0.39 is 12.0 Å². The number of nitrogens with zero attached hydrogens (tertiary/aromatic N) is 5. The lowest BCUT2D eigenvalue weighted by Crippen LogP contribution is -2.26. The van der Waals surface area contributed by atoms with Gasteiger partial charge in [0.15, 0.2) is 0 Å². The minimum Gasteiger partial charge on any atom is -0.472 e. The summed E-state index contributed by atoms with van der Waals surface area (Å²) >= 11 is 0. The zero-order valence-corrected chi connectivity index (χ0v) is 12.2. The van der Waals surface area contributed by atoms with Crippen molar-refractivity contribution >= 4 is 5.95 Å². The number of tetrazole rings is 1. The lowest BCUT2D eigenvalue weighted by Gasteiger charge is -2.20. The van der Waals surface area contributed by atoms with E-state index in [1.54, 1.807) is 17.2 Å². The molecule has 1 atom stereocenters. The third-order valence-corrected chi connectivity index (χ3v) is 3.52. The number of ether oxygens (including phenoxy) is 1. The van der Waals surface area contributed by atoms with Crippen molar-refractivity contribution in [2.75, 3.05) is 18.1 Å². The maximum absolute atomic E-state index is 12.7. The molecule has 0 saturated heterocycles. The SMILES string of the molecule is CCN(Cc1ccoc1)c1nnnn1CCOC1CC1(F)F. The summed E-state index contributed by atoms with van der Waals surface area (Å²) in [6.45, 7) is 3.78. The molecule has 120 valence electrons. The van der Waals surface area contributed by atoms with Gasteiger partial charge in [0, 0.05) is 25.1 Å². The van der Waals surface area contributed by atoms with Crippen molar-refractivity contribution in [2.45, 2.75) is 38.5 Å². The van der Waals surface area contributed by atoms with Gasteiger partial charge < -0.3 is 14.1 Å². The number of halogens is 2. The largest absolute Gasteiger partial charge is 0.472 e. The Kier molecular flexibility index (Phi) is 4.06. The Morgan fingerprint density at radius 1 is 1.55 bits per heavy atom. The quantitative estimate of drug-likeness (QED) is 0.739. The van der Waals surface area contributed by atoms with Gasteiger partial charge in [-0.2, -0.15) is 0 Å². The van der Waals surface area contributed by atoms with E-state index in [0.717, 1.165) is 5.56 Å². The maximum Gasteiger partial charge on any atom is 0.276 e. The molecule has 7 nitrogen and oxygen atoms in total. The van der Waals surface area contributed by atoms with Gasteiger partial charge in [-0.15, -0.1) is 0 Å². The lowest BCUT2D eigenvalue weighted by molar-refractivity contribution is 0.00998. The molecule has 1 aliphatic rings. The third kappa shape index (κ3) is 3.24. The van der Waals surface area contributed by atoms with E-state index in [4.69, 9.17) is 9.15 Å². The van der Waals surface area contributed by atoms with Crippen molar-refractivity contribution < 1.29 is 17.9 Å². The fourth-order valence-electron chi connectivity index (χ4n) is 2.15. The molecule has 0 amide bonds. The van der Waals surface area contributed by atoms with E-state index in [2.05, 4.69) is 15.5 Å². The van der Waals surface area contributed by atoms with Crippen LogP contribution in [0.2, 0.25) is 0 Å². The van der Waals surface area contributed by atoms with Crippen molar-refractivity contribution in [3.63, 3.8) is 0 Å². The third-order valence-electron chi connectivity index (χ3n) is 3.52. The summed E-state index contributed by atoms with van der Waals surface area (Å²) in [5.74, 6) is -2.09. The number of furan rings is 1. The molecule has 2 heterocycles. The molecule has 1 fully saturated rings. The molecule has 2 aromatic rings. The Morgan fingerprint density at radius 2 is 2.36 bits per heavy atom. The molecule has 0 N–H and O–H groups in total.